The third kappa shape index (κ3) is 5.47. The first-order chi connectivity index (χ1) is 16.0. The molecule has 2 aromatic carbocycles. The molecule has 0 N–H and O–H groups in total. The van der Waals surface area contributed by atoms with Crippen molar-refractivity contribution < 1.29 is 17.9 Å². The summed E-state index contributed by atoms with van der Waals surface area (Å²) in [5.41, 5.74) is 1.89. The van der Waals surface area contributed by atoms with Gasteiger partial charge in [-0.3, -0.25) is 0 Å². The Morgan fingerprint density at radius 3 is 2.18 bits per heavy atom. The molecule has 2 aliphatic carbocycles. The highest BCUT2D eigenvalue weighted by Crippen LogP contribution is 2.40. The number of hydrogen-bond donors (Lipinski definition) is 0. The van der Waals surface area contributed by atoms with Crippen molar-refractivity contribution >= 4 is 6.08 Å². The van der Waals surface area contributed by atoms with E-state index < -0.39 is 11.6 Å². The molecule has 2 aliphatic rings. The molecule has 2 aromatic rings. The molecule has 0 radical (unpaired) electrons. The molecule has 178 valence electrons. The Hall–Kier alpha value is -2.23. The number of allylic oxidation sites excluding steroid dienone is 1. The predicted molar refractivity (Wildman–Crippen MR) is 128 cm³/mol. The third-order valence-corrected chi connectivity index (χ3v) is 7.97. The fourth-order valence-electron chi connectivity index (χ4n) is 5.73. The minimum absolute atomic E-state index is 0.137. The van der Waals surface area contributed by atoms with Crippen molar-refractivity contribution in [3.8, 4) is 5.75 Å². The van der Waals surface area contributed by atoms with E-state index in [0.717, 1.165) is 62.8 Å². The second kappa shape index (κ2) is 10.8. The van der Waals surface area contributed by atoms with Crippen LogP contribution in [0, 0.1) is 29.3 Å². The fraction of sp³-hybridized carbons (Fsp3) is 0.517. The van der Waals surface area contributed by atoms with Gasteiger partial charge in [0.05, 0.1) is 7.11 Å². The standard InChI is InChI=1S/C29H35F3O/c1-3-19-4-11-22(12-5-19)25-16-14-23(28(31)29(25)32)13-8-20-6-9-21(10-7-20)24-15-17-27(33-2)26(30)18-24/h8,13-22H,3-7,9-12H2,1-2H3. The smallest absolute Gasteiger partial charge is 0.166 e. The van der Waals surface area contributed by atoms with Crippen LogP contribution in [0.4, 0.5) is 13.2 Å². The Kier molecular flexibility index (Phi) is 7.82. The molecule has 4 rings (SSSR count). The lowest BCUT2D eigenvalue weighted by atomic mass is 9.77. The number of methoxy groups -OCH3 is 1. The minimum atomic E-state index is -0.719. The quantitative estimate of drug-likeness (QED) is 0.422. The summed E-state index contributed by atoms with van der Waals surface area (Å²) in [5, 5.41) is 0. The number of benzene rings is 2. The van der Waals surface area contributed by atoms with Crippen LogP contribution in [0.25, 0.3) is 6.08 Å². The van der Waals surface area contributed by atoms with Gasteiger partial charge in [0.25, 0.3) is 0 Å². The first-order valence-corrected chi connectivity index (χ1v) is 12.5. The largest absolute Gasteiger partial charge is 0.494 e. The molecule has 0 atom stereocenters. The van der Waals surface area contributed by atoms with E-state index in [1.54, 1.807) is 30.3 Å². The van der Waals surface area contributed by atoms with E-state index >= 15 is 0 Å². The maximum atomic E-state index is 14.9. The van der Waals surface area contributed by atoms with Gasteiger partial charge in [-0.2, -0.15) is 0 Å². The van der Waals surface area contributed by atoms with Crippen molar-refractivity contribution in [2.24, 2.45) is 11.8 Å². The highest BCUT2D eigenvalue weighted by Gasteiger charge is 2.26. The molecular weight excluding hydrogens is 421 g/mol. The molecule has 0 saturated heterocycles. The lowest BCUT2D eigenvalue weighted by molar-refractivity contribution is 0.312. The Bertz CT molecular complexity index is 967. The summed E-state index contributed by atoms with van der Waals surface area (Å²) >= 11 is 0. The topological polar surface area (TPSA) is 9.23 Å². The molecule has 0 aromatic heterocycles. The summed E-state index contributed by atoms with van der Waals surface area (Å²) in [7, 11) is 1.47. The molecule has 0 bridgehead atoms. The molecular formula is C29H35F3O. The molecule has 1 nitrogen and oxygen atoms in total. The fourth-order valence-corrected chi connectivity index (χ4v) is 5.73. The molecule has 0 heterocycles. The first-order valence-electron chi connectivity index (χ1n) is 12.5. The van der Waals surface area contributed by atoms with E-state index in [2.05, 4.69) is 6.92 Å². The van der Waals surface area contributed by atoms with Gasteiger partial charge >= 0.3 is 0 Å². The Morgan fingerprint density at radius 1 is 0.848 bits per heavy atom. The van der Waals surface area contributed by atoms with Crippen LogP contribution in [-0.2, 0) is 0 Å². The molecule has 2 saturated carbocycles. The highest BCUT2D eigenvalue weighted by molar-refractivity contribution is 5.52. The summed E-state index contributed by atoms with van der Waals surface area (Å²) in [6.45, 7) is 2.21. The summed E-state index contributed by atoms with van der Waals surface area (Å²) in [6.07, 6.45) is 12.9. The second-order valence-electron chi connectivity index (χ2n) is 9.86. The number of hydrogen-bond acceptors (Lipinski definition) is 1. The zero-order chi connectivity index (χ0) is 23.4. The van der Waals surface area contributed by atoms with Gasteiger partial charge in [0.2, 0.25) is 0 Å². The van der Waals surface area contributed by atoms with E-state index in [0.29, 0.717) is 23.0 Å². The van der Waals surface area contributed by atoms with Crippen LogP contribution in [-0.4, -0.2) is 7.11 Å². The van der Waals surface area contributed by atoms with Gasteiger partial charge in [-0.25, -0.2) is 13.2 Å². The Morgan fingerprint density at radius 2 is 1.55 bits per heavy atom. The van der Waals surface area contributed by atoms with Crippen molar-refractivity contribution in [1.29, 1.82) is 0 Å². The molecule has 33 heavy (non-hydrogen) atoms. The third-order valence-electron chi connectivity index (χ3n) is 7.97. The highest BCUT2D eigenvalue weighted by atomic mass is 19.2. The summed E-state index contributed by atoms with van der Waals surface area (Å²) < 4.78 is 48.7. The van der Waals surface area contributed by atoms with Gasteiger partial charge in [0.15, 0.2) is 23.2 Å². The normalized spacial score (nSPS) is 26.0. The SMILES string of the molecule is CCC1CCC(c2ccc(C=CC3CCC(c4ccc(OC)c(F)c4)CC3)c(F)c2F)CC1. The van der Waals surface area contributed by atoms with Crippen LogP contribution in [0.5, 0.6) is 5.75 Å². The lowest BCUT2D eigenvalue weighted by Crippen LogP contribution is -2.14. The van der Waals surface area contributed by atoms with Crippen LogP contribution in [0.2, 0.25) is 0 Å². The van der Waals surface area contributed by atoms with Gasteiger partial charge in [0, 0.05) is 5.56 Å². The van der Waals surface area contributed by atoms with Gasteiger partial charge in [-0.15, -0.1) is 0 Å². The number of ether oxygens (including phenoxy) is 1. The second-order valence-corrected chi connectivity index (χ2v) is 9.86. The van der Waals surface area contributed by atoms with Crippen molar-refractivity contribution in [3.63, 3.8) is 0 Å². The van der Waals surface area contributed by atoms with E-state index in [1.165, 1.54) is 13.5 Å². The monoisotopic (exact) mass is 456 g/mol. The van der Waals surface area contributed by atoms with Crippen molar-refractivity contribution in [1.82, 2.24) is 0 Å². The van der Waals surface area contributed by atoms with Gasteiger partial charge in [0.1, 0.15) is 0 Å². The zero-order valence-electron chi connectivity index (χ0n) is 19.8. The molecule has 2 fully saturated rings. The number of halogens is 3. The van der Waals surface area contributed by atoms with Crippen LogP contribution >= 0.6 is 0 Å². The van der Waals surface area contributed by atoms with Crippen LogP contribution < -0.4 is 4.74 Å². The first kappa shape index (κ1) is 23.9. The van der Waals surface area contributed by atoms with Crippen molar-refractivity contribution in [2.75, 3.05) is 7.11 Å². The maximum absolute atomic E-state index is 14.9. The van der Waals surface area contributed by atoms with Crippen molar-refractivity contribution in [3.05, 3.63) is 70.5 Å². The maximum Gasteiger partial charge on any atom is 0.166 e. The molecule has 0 aliphatic heterocycles. The molecule has 4 heteroatoms. The average Bonchev–Trinajstić information content (AvgIpc) is 2.85. The Balaban J connectivity index is 1.36. The van der Waals surface area contributed by atoms with E-state index in [9.17, 15) is 13.2 Å². The predicted octanol–water partition coefficient (Wildman–Crippen LogP) is 8.78. The van der Waals surface area contributed by atoms with Crippen LogP contribution in [0.3, 0.4) is 0 Å². The van der Waals surface area contributed by atoms with Gasteiger partial charge < -0.3 is 4.74 Å². The van der Waals surface area contributed by atoms with Crippen molar-refractivity contribution in [2.45, 2.75) is 76.5 Å². The molecule has 0 amide bonds. The number of rotatable bonds is 6. The minimum Gasteiger partial charge on any atom is -0.494 e. The van der Waals surface area contributed by atoms with Crippen LogP contribution in [0.1, 0.15) is 93.2 Å². The summed E-state index contributed by atoms with van der Waals surface area (Å²) in [4.78, 5) is 0. The lowest BCUT2D eigenvalue weighted by Gasteiger charge is -2.28. The molecule has 0 spiro atoms. The summed E-state index contributed by atoms with van der Waals surface area (Å²) in [6, 6.07) is 8.74. The van der Waals surface area contributed by atoms with Gasteiger partial charge in [-0.05, 0) is 98.3 Å². The zero-order valence-corrected chi connectivity index (χ0v) is 19.8. The molecule has 0 unspecified atom stereocenters. The Labute approximate surface area is 196 Å². The average molecular weight is 457 g/mol. The summed E-state index contributed by atoms with van der Waals surface area (Å²) in [5.74, 6) is 0.0856. The van der Waals surface area contributed by atoms with Gasteiger partial charge in [-0.1, -0.05) is 43.7 Å². The van der Waals surface area contributed by atoms with E-state index in [4.69, 9.17) is 4.74 Å². The van der Waals surface area contributed by atoms with E-state index in [1.807, 2.05) is 12.1 Å². The van der Waals surface area contributed by atoms with E-state index in [-0.39, 0.29) is 17.5 Å². The van der Waals surface area contributed by atoms with Crippen LogP contribution in [0.15, 0.2) is 36.4 Å².